The molecule has 0 bridgehead atoms. The van der Waals surface area contributed by atoms with Crippen LogP contribution in [-0.4, -0.2) is 12.4 Å². The summed E-state index contributed by atoms with van der Waals surface area (Å²) in [7, 11) is 0. The van der Waals surface area contributed by atoms with Crippen molar-refractivity contribution in [1.82, 2.24) is 0 Å². The van der Waals surface area contributed by atoms with Crippen molar-refractivity contribution in [1.29, 1.82) is 0 Å². The van der Waals surface area contributed by atoms with Gasteiger partial charge in [0.25, 0.3) is 0 Å². The molecular formula is C28H18F4N2O2Pt. The number of benzene rings is 4. The number of hydrogen-bond donors (Lipinski definition) is 0. The maximum Gasteiger partial charge on any atom is 2.00 e. The third-order valence-corrected chi connectivity index (χ3v) is 5.47. The molecule has 0 N–H and O–H groups in total. The molecule has 2 unspecified atom stereocenters. The van der Waals surface area contributed by atoms with Crippen LogP contribution in [0.25, 0.3) is 0 Å². The van der Waals surface area contributed by atoms with Crippen LogP contribution in [0, 0.1) is 23.3 Å². The van der Waals surface area contributed by atoms with Gasteiger partial charge in [-0.05, 0) is 58.7 Å². The van der Waals surface area contributed by atoms with Gasteiger partial charge in [0, 0.05) is 12.4 Å². The Labute approximate surface area is 224 Å². The maximum atomic E-state index is 13.8. The third kappa shape index (κ3) is 6.71. The average molecular weight is 686 g/mol. The van der Waals surface area contributed by atoms with Gasteiger partial charge in [-0.15, -0.1) is 0 Å². The van der Waals surface area contributed by atoms with Gasteiger partial charge in [0.15, 0.2) is 0 Å². The smallest absolute Gasteiger partial charge is 0.870 e. The van der Waals surface area contributed by atoms with E-state index in [0.29, 0.717) is 11.1 Å². The molecule has 0 radical (unpaired) electrons. The van der Waals surface area contributed by atoms with Crippen LogP contribution >= 0.6 is 0 Å². The summed E-state index contributed by atoms with van der Waals surface area (Å²) in [5, 5.41) is 24.3. The summed E-state index contributed by atoms with van der Waals surface area (Å²) >= 11 is 0. The van der Waals surface area contributed by atoms with Crippen LogP contribution in [0.1, 0.15) is 34.3 Å². The Morgan fingerprint density at radius 2 is 0.892 bits per heavy atom. The Bertz CT molecular complexity index is 1300. The van der Waals surface area contributed by atoms with Crippen LogP contribution in [0.3, 0.4) is 0 Å². The van der Waals surface area contributed by atoms with Crippen LogP contribution in [-0.2, 0) is 21.1 Å². The number of hydrogen-bond acceptors (Lipinski definition) is 4. The molecule has 0 amide bonds. The Hall–Kier alpha value is -3.77. The van der Waals surface area contributed by atoms with Crippen LogP contribution < -0.4 is 10.2 Å². The molecule has 37 heavy (non-hydrogen) atoms. The molecule has 0 saturated heterocycles. The van der Waals surface area contributed by atoms with Gasteiger partial charge in [0.1, 0.15) is 35.4 Å². The van der Waals surface area contributed by atoms with Crippen molar-refractivity contribution >= 4 is 12.4 Å². The average Bonchev–Trinajstić information content (AvgIpc) is 2.87. The van der Waals surface area contributed by atoms with Crippen LogP contribution in [0.5, 0.6) is 11.5 Å². The van der Waals surface area contributed by atoms with E-state index in [1.54, 1.807) is 0 Å². The van der Waals surface area contributed by atoms with Gasteiger partial charge in [-0.3, -0.25) is 9.98 Å². The molecule has 0 aliphatic rings. The van der Waals surface area contributed by atoms with Crippen molar-refractivity contribution in [2.24, 2.45) is 9.98 Å². The summed E-state index contributed by atoms with van der Waals surface area (Å²) in [4.78, 5) is 8.95. The van der Waals surface area contributed by atoms with Crippen molar-refractivity contribution in [2.45, 2.75) is 12.1 Å². The zero-order valence-corrected chi connectivity index (χ0v) is 21.2. The van der Waals surface area contributed by atoms with E-state index < -0.39 is 46.9 Å². The van der Waals surface area contributed by atoms with Gasteiger partial charge in [-0.1, -0.05) is 60.0 Å². The molecule has 0 spiro atoms. The van der Waals surface area contributed by atoms with Crippen LogP contribution in [0.4, 0.5) is 17.6 Å². The molecular weight excluding hydrogens is 667 g/mol. The van der Waals surface area contributed by atoms with Crippen molar-refractivity contribution < 1.29 is 48.8 Å². The molecule has 0 fully saturated rings. The fourth-order valence-corrected chi connectivity index (χ4v) is 3.60. The topological polar surface area (TPSA) is 70.8 Å². The molecule has 0 aliphatic carbocycles. The van der Waals surface area contributed by atoms with Crippen LogP contribution in [0.15, 0.2) is 94.9 Å². The standard InChI is InChI=1S/C28H20F4N2O2.Pt/c29-21-11-7-17(8-12-21)25(33-15-19-3-1-5-23(31)27(19)35)26(18-9-13-22(30)14-10-18)34-16-20-4-2-6-24(32)28(20)36;/h1-16,25-26,35-36H;/q;+2/p-2. The molecule has 0 aromatic heterocycles. The zero-order valence-electron chi connectivity index (χ0n) is 18.9. The molecule has 0 heterocycles. The summed E-state index contributed by atoms with van der Waals surface area (Å²) in [5.41, 5.74) is 0.918. The first-order valence-corrected chi connectivity index (χ1v) is 10.8. The first kappa shape index (κ1) is 27.8. The van der Waals surface area contributed by atoms with Gasteiger partial charge in [0.05, 0.1) is 0 Å². The predicted octanol–water partition coefficient (Wildman–Crippen LogP) is 5.41. The van der Waals surface area contributed by atoms with Crippen molar-refractivity contribution in [3.8, 4) is 11.5 Å². The number of aliphatic imine (C=N–C) groups is 2. The summed E-state index contributed by atoms with van der Waals surface area (Å²) in [6, 6.07) is 16.5. The molecule has 2 atom stereocenters. The molecule has 4 aromatic carbocycles. The second kappa shape index (κ2) is 12.5. The van der Waals surface area contributed by atoms with E-state index in [1.165, 1.54) is 85.2 Å². The fourth-order valence-electron chi connectivity index (χ4n) is 3.60. The number of para-hydroxylation sites is 2. The summed E-state index contributed by atoms with van der Waals surface area (Å²) in [6.45, 7) is 0. The molecule has 9 heteroatoms. The van der Waals surface area contributed by atoms with E-state index in [1.807, 2.05) is 0 Å². The van der Waals surface area contributed by atoms with Crippen molar-refractivity contribution in [3.63, 3.8) is 0 Å². The Kier molecular flexibility index (Phi) is 9.36. The van der Waals surface area contributed by atoms with E-state index in [4.69, 9.17) is 0 Å². The van der Waals surface area contributed by atoms with Gasteiger partial charge in [0.2, 0.25) is 0 Å². The molecule has 190 valence electrons. The van der Waals surface area contributed by atoms with Crippen molar-refractivity contribution in [3.05, 3.63) is 130 Å². The minimum atomic E-state index is -0.945. The summed E-state index contributed by atoms with van der Waals surface area (Å²) in [5.74, 6) is -4.58. The summed E-state index contributed by atoms with van der Waals surface area (Å²) in [6.07, 6.45) is 2.37. The number of halogens is 4. The minimum absolute atomic E-state index is 0. The fraction of sp³-hybridized carbons (Fsp3) is 0.0714. The summed E-state index contributed by atoms with van der Waals surface area (Å²) < 4.78 is 54.9. The Morgan fingerprint density at radius 1 is 0.541 bits per heavy atom. The SMILES string of the molecule is [O-]c1c(F)cccc1C=NC(c1ccc(F)cc1)C(N=Cc1cccc(F)c1[O-])c1ccc(F)cc1.[Pt+2]. The Morgan fingerprint density at radius 3 is 1.24 bits per heavy atom. The predicted molar refractivity (Wildman–Crippen MR) is 125 cm³/mol. The maximum absolute atomic E-state index is 13.8. The van der Waals surface area contributed by atoms with E-state index in [-0.39, 0.29) is 32.2 Å². The second-order valence-corrected chi connectivity index (χ2v) is 7.87. The van der Waals surface area contributed by atoms with E-state index in [2.05, 4.69) is 9.98 Å². The quantitative estimate of drug-likeness (QED) is 0.193. The first-order valence-electron chi connectivity index (χ1n) is 10.8. The minimum Gasteiger partial charge on any atom is -0.870 e. The van der Waals surface area contributed by atoms with E-state index in [9.17, 15) is 27.8 Å². The third-order valence-electron chi connectivity index (χ3n) is 5.47. The monoisotopic (exact) mass is 685 g/mol. The normalized spacial score (nSPS) is 13.0. The Balaban J connectivity index is 0.00000380. The second-order valence-electron chi connectivity index (χ2n) is 7.87. The first-order chi connectivity index (χ1) is 17.3. The molecule has 0 aliphatic heterocycles. The van der Waals surface area contributed by atoms with Gasteiger partial charge in [-0.2, -0.15) is 0 Å². The van der Waals surface area contributed by atoms with E-state index in [0.717, 1.165) is 12.1 Å². The van der Waals surface area contributed by atoms with Gasteiger partial charge < -0.3 is 10.2 Å². The number of nitrogens with zero attached hydrogens (tertiary/aromatic N) is 2. The molecule has 4 aromatic rings. The van der Waals surface area contributed by atoms with Crippen molar-refractivity contribution in [2.75, 3.05) is 0 Å². The molecule has 4 rings (SSSR count). The largest absolute Gasteiger partial charge is 2.00 e. The van der Waals surface area contributed by atoms with Gasteiger partial charge in [-0.25, -0.2) is 17.6 Å². The molecule has 4 nitrogen and oxygen atoms in total. The number of rotatable bonds is 7. The van der Waals surface area contributed by atoms with Crippen LogP contribution in [0.2, 0.25) is 0 Å². The van der Waals surface area contributed by atoms with E-state index >= 15 is 0 Å². The zero-order chi connectivity index (χ0) is 25.7. The molecule has 0 saturated carbocycles. The van der Waals surface area contributed by atoms with Gasteiger partial charge >= 0.3 is 21.1 Å².